The number of para-hydroxylation sites is 1. The Morgan fingerprint density at radius 3 is 2.56 bits per heavy atom. The van der Waals surface area contributed by atoms with Gasteiger partial charge in [-0.2, -0.15) is 0 Å². The predicted octanol–water partition coefficient (Wildman–Crippen LogP) is 2.03. The number of carbonyl (C=O) groups is 2. The Morgan fingerprint density at radius 2 is 2.00 bits per heavy atom. The van der Waals surface area contributed by atoms with E-state index in [9.17, 15) is 9.59 Å². The van der Waals surface area contributed by atoms with Crippen molar-refractivity contribution in [2.24, 2.45) is 16.8 Å². The van der Waals surface area contributed by atoms with Crippen LogP contribution in [0, 0.1) is 11.8 Å². The summed E-state index contributed by atoms with van der Waals surface area (Å²) >= 11 is 0. The van der Waals surface area contributed by atoms with E-state index in [1.807, 2.05) is 32.0 Å². The first-order valence-electron chi connectivity index (χ1n) is 8.15. The van der Waals surface area contributed by atoms with Crippen molar-refractivity contribution in [2.45, 2.75) is 32.4 Å². The second-order valence-corrected chi connectivity index (χ2v) is 6.30. The molecule has 7 heteroatoms. The van der Waals surface area contributed by atoms with Gasteiger partial charge in [-0.05, 0) is 30.5 Å². The largest absolute Gasteiger partial charge is 0.464 e. The molecule has 0 spiro atoms. The summed E-state index contributed by atoms with van der Waals surface area (Å²) in [6.45, 7) is 3.79. The lowest BCUT2D eigenvalue weighted by Crippen LogP contribution is -2.55. The molecule has 2 rings (SSSR count). The number of nitrogens with zero attached hydrogens (tertiary/aromatic N) is 1. The fraction of sp³-hybridized carbons (Fsp3) is 0.389. The highest BCUT2D eigenvalue weighted by Gasteiger charge is 2.37. The molecule has 1 aromatic carbocycles. The topological polar surface area (TPSA) is 100 Å². The maximum atomic E-state index is 12.7. The number of aliphatic imine (C=N–C) groups is 1. The van der Waals surface area contributed by atoms with Crippen LogP contribution in [-0.4, -0.2) is 29.0 Å². The SMILES string of the molecule is CC(C)CC(C(=O)NO)C(=O)NC1(Oc2ccccc2)C=CN=CC1. The van der Waals surface area contributed by atoms with E-state index in [0.717, 1.165) is 0 Å². The Hall–Kier alpha value is -2.67. The first-order chi connectivity index (χ1) is 12.0. The zero-order valence-corrected chi connectivity index (χ0v) is 14.3. The van der Waals surface area contributed by atoms with Gasteiger partial charge in [0.1, 0.15) is 11.7 Å². The molecular weight excluding hydrogens is 322 g/mol. The number of rotatable bonds is 7. The van der Waals surface area contributed by atoms with Crippen molar-refractivity contribution < 1.29 is 19.5 Å². The molecule has 1 aromatic rings. The van der Waals surface area contributed by atoms with Gasteiger partial charge in [0.25, 0.3) is 5.91 Å². The van der Waals surface area contributed by atoms with Gasteiger partial charge in [-0.3, -0.25) is 19.8 Å². The average molecular weight is 345 g/mol. The third-order valence-corrected chi connectivity index (χ3v) is 3.76. The molecule has 1 heterocycles. The smallest absolute Gasteiger partial charge is 0.255 e. The van der Waals surface area contributed by atoms with Crippen LogP contribution in [0.5, 0.6) is 5.75 Å². The molecule has 0 saturated carbocycles. The highest BCUT2D eigenvalue weighted by Crippen LogP contribution is 2.23. The van der Waals surface area contributed by atoms with Crippen LogP contribution in [0.4, 0.5) is 0 Å². The normalized spacial score (nSPS) is 20.2. The van der Waals surface area contributed by atoms with Crippen LogP contribution in [0.15, 0.2) is 47.6 Å². The molecule has 7 nitrogen and oxygen atoms in total. The molecule has 0 aromatic heterocycles. The number of carbonyl (C=O) groups excluding carboxylic acids is 2. The van der Waals surface area contributed by atoms with Crippen LogP contribution in [0.1, 0.15) is 26.7 Å². The van der Waals surface area contributed by atoms with E-state index in [0.29, 0.717) is 18.6 Å². The van der Waals surface area contributed by atoms with E-state index in [4.69, 9.17) is 9.94 Å². The monoisotopic (exact) mass is 345 g/mol. The Labute approximate surface area is 146 Å². The maximum Gasteiger partial charge on any atom is 0.255 e. The molecule has 134 valence electrons. The summed E-state index contributed by atoms with van der Waals surface area (Å²) in [5, 5.41) is 11.7. The van der Waals surface area contributed by atoms with Crippen LogP contribution in [0.25, 0.3) is 0 Å². The Morgan fingerprint density at radius 1 is 1.28 bits per heavy atom. The minimum Gasteiger partial charge on any atom is -0.464 e. The predicted molar refractivity (Wildman–Crippen MR) is 93.1 cm³/mol. The van der Waals surface area contributed by atoms with Crippen LogP contribution < -0.4 is 15.5 Å². The number of benzene rings is 1. The lowest BCUT2D eigenvalue weighted by atomic mass is 9.94. The van der Waals surface area contributed by atoms with E-state index in [2.05, 4.69) is 10.3 Å². The number of amides is 2. The number of hydroxylamine groups is 1. The second kappa shape index (κ2) is 8.43. The number of nitrogens with one attached hydrogen (secondary N) is 2. The summed E-state index contributed by atoms with van der Waals surface area (Å²) in [6.07, 6.45) is 5.43. The van der Waals surface area contributed by atoms with E-state index in [1.54, 1.807) is 29.9 Å². The molecule has 0 bridgehead atoms. The van der Waals surface area contributed by atoms with Gasteiger partial charge in [0.05, 0.1) is 0 Å². The molecule has 2 atom stereocenters. The maximum absolute atomic E-state index is 12.7. The van der Waals surface area contributed by atoms with E-state index in [-0.39, 0.29) is 5.92 Å². The van der Waals surface area contributed by atoms with Gasteiger partial charge < -0.3 is 10.1 Å². The Balaban J connectivity index is 2.20. The van der Waals surface area contributed by atoms with Crippen molar-refractivity contribution in [1.82, 2.24) is 10.8 Å². The van der Waals surface area contributed by atoms with Crippen molar-refractivity contribution >= 4 is 18.0 Å². The summed E-state index contributed by atoms with van der Waals surface area (Å²) in [5.41, 5.74) is 0.432. The van der Waals surface area contributed by atoms with Gasteiger partial charge >= 0.3 is 0 Å². The first kappa shape index (κ1) is 18.7. The molecule has 1 aliphatic heterocycles. The minimum absolute atomic E-state index is 0.0995. The molecule has 0 aliphatic carbocycles. The van der Waals surface area contributed by atoms with Crippen molar-refractivity contribution in [1.29, 1.82) is 0 Å². The second-order valence-electron chi connectivity index (χ2n) is 6.30. The highest BCUT2D eigenvalue weighted by molar-refractivity contribution is 6.00. The van der Waals surface area contributed by atoms with Crippen molar-refractivity contribution in [3.05, 3.63) is 42.6 Å². The van der Waals surface area contributed by atoms with Crippen molar-refractivity contribution in [3.63, 3.8) is 0 Å². The van der Waals surface area contributed by atoms with Crippen LogP contribution >= 0.6 is 0 Å². The summed E-state index contributed by atoms with van der Waals surface area (Å²) in [6, 6.07) is 9.07. The van der Waals surface area contributed by atoms with E-state index in [1.165, 1.54) is 6.20 Å². The van der Waals surface area contributed by atoms with E-state index >= 15 is 0 Å². The standard InChI is InChI=1S/C18H23N3O4/c1-13(2)12-15(17(23)21-24)16(22)20-18(8-10-19-11-9-18)25-14-6-4-3-5-7-14/h3-8,10-11,13,15,24H,9,12H2,1-2H3,(H,20,22)(H,21,23). The van der Waals surface area contributed by atoms with Crippen molar-refractivity contribution in [2.75, 3.05) is 0 Å². The number of ether oxygens (including phenoxy) is 1. The van der Waals surface area contributed by atoms with Crippen LogP contribution in [-0.2, 0) is 9.59 Å². The molecule has 2 unspecified atom stereocenters. The van der Waals surface area contributed by atoms with E-state index < -0.39 is 23.5 Å². The van der Waals surface area contributed by atoms with Gasteiger partial charge in [-0.25, -0.2) is 5.48 Å². The fourth-order valence-corrected chi connectivity index (χ4v) is 2.55. The quantitative estimate of drug-likeness (QED) is 0.305. The highest BCUT2D eigenvalue weighted by atomic mass is 16.5. The molecule has 0 fully saturated rings. The summed E-state index contributed by atoms with van der Waals surface area (Å²) in [5.74, 6) is -1.60. The summed E-state index contributed by atoms with van der Waals surface area (Å²) in [7, 11) is 0. The zero-order chi connectivity index (χ0) is 18.3. The minimum atomic E-state index is -1.13. The molecule has 3 N–H and O–H groups in total. The zero-order valence-electron chi connectivity index (χ0n) is 14.3. The van der Waals surface area contributed by atoms with Gasteiger partial charge in [-0.1, -0.05) is 32.0 Å². The third-order valence-electron chi connectivity index (χ3n) is 3.76. The molecule has 0 saturated heterocycles. The van der Waals surface area contributed by atoms with Crippen LogP contribution in [0.3, 0.4) is 0 Å². The van der Waals surface area contributed by atoms with Crippen LogP contribution in [0.2, 0.25) is 0 Å². The molecule has 2 amide bonds. The molecule has 1 aliphatic rings. The molecule has 25 heavy (non-hydrogen) atoms. The summed E-state index contributed by atoms with van der Waals surface area (Å²) < 4.78 is 5.98. The van der Waals surface area contributed by atoms with Gasteiger partial charge in [0.2, 0.25) is 11.6 Å². The first-order valence-corrected chi connectivity index (χ1v) is 8.15. The fourth-order valence-electron chi connectivity index (χ4n) is 2.55. The lowest BCUT2D eigenvalue weighted by molar-refractivity contribution is -0.143. The van der Waals surface area contributed by atoms with Gasteiger partial charge in [0, 0.05) is 18.8 Å². The molecular formula is C18H23N3O4. The van der Waals surface area contributed by atoms with Crippen molar-refractivity contribution in [3.8, 4) is 5.75 Å². The lowest BCUT2D eigenvalue weighted by Gasteiger charge is -2.33. The Kier molecular flexibility index (Phi) is 6.30. The summed E-state index contributed by atoms with van der Waals surface area (Å²) in [4.78, 5) is 28.6. The Bertz CT molecular complexity index is 658. The number of hydrogen-bond donors (Lipinski definition) is 3. The molecule has 0 radical (unpaired) electrons. The van der Waals surface area contributed by atoms with Gasteiger partial charge in [0.15, 0.2) is 0 Å². The van der Waals surface area contributed by atoms with Gasteiger partial charge in [-0.15, -0.1) is 0 Å². The number of hydrogen-bond acceptors (Lipinski definition) is 5. The third kappa shape index (κ3) is 5.15. The average Bonchev–Trinajstić information content (AvgIpc) is 2.60.